The Morgan fingerprint density at radius 2 is 1.00 bits per heavy atom. The molecule has 0 aliphatic heterocycles. The Balaban J connectivity index is 2.15. The molecule has 6 nitrogen and oxygen atoms in total. The zero-order valence-electron chi connectivity index (χ0n) is 25.0. The molecule has 4 rings (SSSR count). The average molecular weight is 744 g/mol. The first kappa shape index (κ1) is 37.2. The highest BCUT2D eigenvalue weighted by molar-refractivity contribution is 7.99. The second-order valence-electron chi connectivity index (χ2n) is 9.89. The molecule has 256 valence electrons. The van der Waals surface area contributed by atoms with E-state index in [1.54, 1.807) is 12.1 Å². The van der Waals surface area contributed by atoms with Gasteiger partial charge < -0.3 is 19.7 Å². The number of carboxylic acids is 2. The van der Waals surface area contributed by atoms with Gasteiger partial charge in [0.15, 0.2) is 0 Å². The number of methoxy groups -OCH3 is 2. The molecule has 0 saturated carbocycles. The third kappa shape index (κ3) is 8.18. The van der Waals surface area contributed by atoms with Crippen molar-refractivity contribution in [3.8, 4) is 33.8 Å². The van der Waals surface area contributed by atoms with Crippen molar-refractivity contribution >= 4 is 59.1 Å². The molecule has 0 aromatic heterocycles. The molecular formula is C34H22Cl2F6O6S. The van der Waals surface area contributed by atoms with Crippen molar-refractivity contribution in [2.75, 3.05) is 14.2 Å². The minimum atomic E-state index is -5.18. The van der Waals surface area contributed by atoms with E-state index in [1.807, 2.05) is 0 Å². The van der Waals surface area contributed by atoms with E-state index in [-0.39, 0.29) is 33.8 Å². The van der Waals surface area contributed by atoms with Crippen LogP contribution in [-0.4, -0.2) is 36.4 Å². The van der Waals surface area contributed by atoms with Gasteiger partial charge in [-0.2, -0.15) is 26.3 Å². The summed E-state index contributed by atoms with van der Waals surface area (Å²) in [5.74, 6) is -2.91. The molecule has 4 aromatic rings. The maximum atomic E-state index is 14.8. The highest BCUT2D eigenvalue weighted by Gasteiger charge is 2.40. The zero-order chi connectivity index (χ0) is 36.3. The van der Waals surface area contributed by atoms with Gasteiger partial charge in [-0.1, -0.05) is 71.4 Å². The van der Waals surface area contributed by atoms with Crippen LogP contribution in [0.4, 0.5) is 26.3 Å². The van der Waals surface area contributed by atoms with Crippen molar-refractivity contribution in [1.29, 1.82) is 0 Å². The molecule has 49 heavy (non-hydrogen) atoms. The molecule has 0 amide bonds. The van der Waals surface area contributed by atoms with Crippen LogP contribution in [0.15, 0.2) is 82.6 Å². The molecule has 0 aliphatic rings. The molecule has 15 heteroatoms. The smallest absolute Gasteiger partial charge is 0.418 e. The molecule has 0 unspecified atom stereocenters. The minimum Gasteiger partial charge on any atom is -0.496 e. The number of alkyl halides is 6. The molecule has 0 aliphatic carbocycles. The van der Waals surface area contributed by atoms with Crippen molar-refractivity contribution < 1.29 is 55.6 Å². The van der Waals surface area contributed by atoms with Gasteiger partial charge in [0.05, 0.1) is 35.4 Å². The van der Waals surface area contributed by atoms with Gasteiger partial charge in [-0.3, -0.25) is 0 Å². The van der Waals surface area contributed by atoms with Gasteiger partial charge in [0, 0.05) is 33.1 Å². The van der Waals surface area contributed by atoms with Crippen molar-refractivity contribution in [1.82, 2.24) is 0 Å². The van der Waals surface area contributed by atoms with E-state index < -0.39 is 66.4 Å². The lowest BCUT2D eigenvalue weighted by atomic mass is 9.93. The van der Waals surface area contributed by atoms with Crippen LogP contribution in [0.3, 0.4) is 0 Å². The van der Waals surface area contributed by atoms with Crippen LogP contribution in [0, 0.1) is 0 Å². The van der Waals surface area contributed by atoms with Gasteiger partial charge in [-0.15, -0.1) is 0 Å². The van der Waals surface area contributed by atoms with Gasteiger partial charge in [-0.05, 0) is 58.7 Å². The maximum absolute atomic E-state index is 14.8. The largest absolute Gasteiger partial charge is 0.496 e. The summed E-state index contributed by atoms with van der Waals surface area (Å²) in [6, 6.07) is 14.1. The highest BCUT2D eigenvalue weighted by atomic mass is 35.5. The number of halogens is 8. The topological polar surface area (TPSA) is 93.1 Å². The van der Waals surface area contributed by atoms with Crippen molar-refractivity contribution in [3.05, 3.63) is 105 Å². The van der Waals surface area contributed by atoms with Crippen molar-refractivity contribution in [3.63, 3.8) is 0 Å². The summed E-state index contributed by atoms with van der Waals surface area (Å²) in [5, 5.41) is 16.6. The van der Waals surface area contributed by atoms with Crippen LogP contribution in [0.1, 0.15) is 22.3 Å². The standard InChI is InChI=1S/C34H22Cl2F6O6S/c1-47-23-9-5-3-7-17(23)21-15-25(31(35)29(33(37,38)39)19(21)11-13-27(43)44)49-26-16-22(18-8-4-6-10-24(18)48-2)20(12-14-28(45)46)30(32(26)36)34(40,41)42/h3-16H,1-2H3,(H,43,44)(H,45,46). The van der Waals surface area contributed by atoms with Crippen LogP contribution in [-0.2, 0) is 21.9 Å². The Kier molecular flexibility index (Phi) is 11.3. The van der Waals surface area contributed by atoms with E-state index in [4.69, 9.17) is 32.7 Å². The van der Waals surface area contributed by atoms with Crippen molar-refractivity contribution in [2.24, 2.45) is 0 Å². The normalized spacial score (nSPS) is 12.1. The quantitative estimate of drug-likeness (QED) is 0.123. The number of carbonyl (C=O) groups is 2. The van der Waals surface area contributed by atoms with E-state index in [2.05, 4.69) is 0 Å². The van der Waals surface area contributed by atoms with Gasteiger partial charge in [0.2, 0.25) is 0 Å². The molecule has 0 radical (unpaired) electrons. The Morgan fingerprint density at radius 3 is 1.31 bits per heavy atom. The zero-order valence-corrected chi connectivity index (χ0v) is 27.4. The first-order valence-electron chi connectivity index (χ1n) is 13.6. The molecule has 0 heterocycles. The predicted octanol–water partition coefficient (Wildman–Crippen LogP) is 10.7. The molecule has 4 aromatic carbocycles. The maximum Gasteiger partial charge on any atom is 0.418 e. The number of hydrogen-bond acceptors (Lipinski definition) is 5. The van der Waals surface area contributed by atoms with Gasteiger partial charge in [-0.25, -0.2) is 9.59 Å². The Labute approximate surface area is 289 Å². The second kappa shape index (κ2) is 14.9. The van der Waals surface area contributed by atoms with Crippen LogP contribution in [0.25, 0.3) is 34.4 Å². The number of para-hydroxylation sites is 2. The first-order chi connectivity index (χ1) is 23.0. The Hall–Kier alpha value is -4.59. The second-order valence-corrected chi connectivity index (χ2v) is 11.7. The third-order valence-corrected chi connectivity index (χ3v) is 9.00. The van der Waals surface area contributed by atoms with Crippen molar-refractivity contribution in [2.45, 2.75) is 22.1 Å². The van der Waals surface area contributed by atoms with Gasteiger partial charge in [0.1, 0.15) is 11.5 Å². The highest BCUT2D eigenvalue weighted by Crippen LogP contribution is 2.53. The predicted molar refractivity (Wildman–Crippen MR) is 174 cm³/mol. The summed E-state index contributed by atoms with van der Waals surface area (Å²) < 4.78 is 99.2. The molecule has 0 fully saturated rings. The average Bonchev–Trinajstić information content (AvgIpc) is 3.03. The lowest BCUT2D eigenvalue weighted by molar-refractivity contribution is -0.138. The molecule has 2 N–H and O–H groups in total. The lowest BCUT2D eigenvalue weighted by Crippen LogP contribution is -2.12. The summed E-state index contributed by atoms with van der Waals surface area (Å²) in [4.78, 5) is 22.0. The van der Waals surface area contributed by atoms with E-state index in [0.717, 1.165) is 12.1 Å². The first-order valence-corrected chi connectivity index (χ1v) is 15.2. The fourth-order valence-electron chi connectivity index (χ4n) is 4.95. The fourth-order valence-corrected chi connectivity index (χ4v) is 6.69. The van der Waals surface area contributed by atoms with Gasteiger partial charge in [0.25, 0.3) is 0 Å². The van der Waals surface area contributed by atoms with Crippen LogP contribution < -0.4 is 9.47 Å². The van der Waals surface area contributed by atoms with Crippen LogP contribution in [0.2, 0.25) is 10.0 Å². The number of rotatable bonds is 10. The summed E-state index contributed by atoms with van der Waals surface area (Å²) in [6.45, 7) is 0. The fraction of sp³-hybridized carbons (Fsp3) is 0.118. The van der Waals surface area contributed by atoms with Gasteiger partial charge >= 0.3 is 24.3 Å². The summed E-state index contributed by atoms with van der Waals surface area (Å²) in [5.41, 5.74) is -4.43. The summed E-state index contributed by atoms with van der Waals surface area (Å²) >= 11 is 13.2. The molecule has 0 bridgehead atoms. The molecule has 0 atom stereocenters. The monoisotopic (exact) mass is 742 g/mol. The number of benzene rings is 4. The minimum absolute atomic E-state index is 0.0880. The Bertz CT molecular complexity index is 1850. The van der Waals surface area contributed by atoms with E-state index in [1.165, 1.54) is 50.6 Å². The summed E-state index contributed by atoms with van der Waals surface area (Å²) in [7, 11) is 2.53. The number of ether oxygens (including phenoxy) is 2. The van der Waals surface area contributed by atoms with E-state index >= 15 is 0 Å². The van der Waals surface area contributed by atoms with Crippen LogP contribution in [0.5, 0.6) is 11.5 Å². The Morgan fingerprint density at radius 1 is 0.653 bits per heavy atom. The number of aliphatic carboxylic acids is 2. The van der Waals surface area contributed by atoms with Crippen LogP contribution >= 0.6 is 35.0 Å². The number of hydrogen-bond donors (Lipinski definition) is 2. The lowest BCUT2D eigenvalue weighted by Gasteiger charge is -2.23. The third-order valence-electron chi connectivity index (χ3n) is 6.91. The SMILES string of the molecule is COc1ccccc1-c1cc(Sc2cc(-c3ccccc3OC)c(C=CC(=O)O)c(C(F)(F)F)c2Cl)c(Cl)c(C(F)(F)F)c1C=CC(=O)O. The van der Waals surface area contributed by atoms with E-state index in [0.29, 0.717) is 36.1 Å². The number of carboxylic acid groups (broad SMARTS) is 2. The molecule has 0 saturated heterocycles. The molecule has 0 spiro atoms. The molecular weight excluding hydrogens is 721 g/mol. The van der Waals surface area contributed by atoms with E-state index in [9.17, 15) is 46.1 Å². The summed E-state index contributed by atoms with van der Waals surface area (Å²) in [6.07, 6.45) is -7.96.